The number of nitrogens with zero attached hydrogens (tertiary/aromatic N) is 2. The van der Waals surface area contributed by atoms with Gasteiger partial charge >= 0.3 is 0 Å². The number of benzene rings is 2. The van der Waals surface area contributed by atoms with Gasteiger partial charge in [-0.15, -0.1) is 0 Å². The van der Waals surface area contributed by atoms with Gasteiger partial charge in [-0.2, -0.15) is 5.26 Å². The molecule has 1 amide bonds. The van der Waals surface area contributed by atoms with E-state index in [4.69, 9.17) is 40.1 Å². The van der Waals surface area contributed by atoms with E-state index < -0.39 is 18.6 Å². The Morgan fingerprint density at radius 2 is 1.86 bits per heavy atom. The fraction of sp³-hybridized carbons (Fsp3) is 0.0952. The topological polar surface area (TPSA) is 65.8 Å². The van der Waals surface area contributed by atoms with E-state index in [9.17, 15) is 9.18 Å². The summed E-state index contributed by atoms with van der Waals surface area (Å²) in [6.45, 7) is -0.638. The number of rotatable bonds is 5. The summed E-state index contributed by atoms with van der Waals surface area (Å²) in [6, 6.07) is 13.9. The first-order valence-corrected chi connectivity index (χ1v) is 9.52. The molecule has 1 N–H and O–H groups in total. The Hall–Kier alpha value is -2.65. The average Bonchev–Trinajstić information content (AvgIpc) is 2.74. The maximum absolute atomic E-state index is 12.8. The number of hydrogen-bond donors (Lipinski definition) is 1. The van der Waals surface area contributed by atoms with Crippen molar-refractivity contribution in [3.05, 3.63) is 97.7 Å². The highest BCUT2D eigenvalue weighted by atomic mass is 35.5. The van der Waals surface area contributed by atoms with Crippen LogP contribution in [0.1, 0.15) is 38.8 Å². The second-order valence-corrected chi connectivity index (χ2v) is 7.33. The molecule has 0 aliphatic rings. The number of nitrogens with one attached hydrogen (secondary N) is 1. The number of hydrogen-bond acceptors (Lipinski definition) is 3. The summed E-state index contributed by atoms with van der Waals surface area (Å²) in [6.07, 6.45) is 1.41. The maximum atomic E-state index is 12.8. The van der Waals surface area contributed by atoms with Gasteiger partial charge in [0.2, 0.25) is 0 Å². The van der Waals surface area contributed by atoms with Crippen molar-refractivity contribution in [2.24, 2.45) is 0 Å². The largest absolute Gasteiger partial charge is 0.340 e. The third kappa shape index (κ3) is 4.86. The molecule has 0 aliphatic heterocycles. The van der Waals surface area contributed by atoms with Crippen LogP contribution in [0.2, 0.25) is 15.1 Å². The van der Waals surface area contributed by atoms with Crippen LogP contribution in [0.4, 0.5) is 4.39 Å². The van der Waals surface area contributed by atoms with Gasteiger partial charge in [-0.25, -0.2) is 4.39 Å². The zero-order valence-corrected chi connectivity index (χ0v) is 17.1. The molecule has 3 aromatic rings. The van der Waals surface area contributed by atoms with Gasteiger partial charge in [0, 0.05) is 17.3 Å². The van der Waals surface area contributed by atoms with Crippen molar-refractivity contribution in [2.45, 2.75) is 12.7 Å². The fourth-order valence-corrected chi connectivity index (χ4v) is 3.20. The lowest BCUT2D eigenvalue weighted by Gasteiger charge is -2.20. The van der Waals surface area contributed by atoms with Gasteiger partial charge in [-0.1, -0.05) is 46.9 Å². The molecule has 0 spiro atoms. The first-order chi connectivity index (χ1) is 13.9. The SMILES string of the molecule is N#Cc1ccc(C(=O)NC(c2ccc(Cl)c(Cl)c2)c2ccc(CF)cn2)cc1Cl. The molecule has 0 fully saturated rings. The number of alkyl halides is 1. The summed E-state index contributed by atoms with van der Waals surface area (Å²) in [4.78, 5) is 17.1. The Morgan fingerprint density at radius 3 is 2.45 bits per heavy atom. The van der Waals surface area contributed by atoms with Crippen LogP contribution in [0.25, 0.3) is 0 Å². The Balaban J connectivity index is 1.98. The molecular formula is C21H13Cl3FN3O. The van der Waals surface area contributed by atoms with Crippen LogP contribution in [0, 0.1) is 11.3 Å². The van der Waals surface area contributed by atoms with Crippen LogP contribution >= 0.6 is 34.8 Å². The van der Waals surface area contributed by atoms with Crippen molar-refractivity contribution >= 4 is 40.7 Å². The Morgan fingerprint density at radius 1 is 1.07 bits per heavy atom. The maximum Gasteiger partial charge on any atom is 0.252 e. The van der Waals surface area contributed by atoms with Gasteiger partial charge in [-0.3, -0.25) is 9.78 Å². The second kappa shape index (κ2) is 9.23. The van der Waals surface area contributed by atoms with Gasteiger partial charge in [0.25, 0.3) is 5.91 Å². The highest BCUT2D eigenvalue weighted by Crippen LogP contribution is 2.29. The monoisotopic (exact) mass is 447 g/mol. The minimum absolute atomic E-state index is 0.177. The molecule has 146 valence electrons. The zero-order chi connectivity index (χ0) is 21.0. The molecule has 0 radical (unpaired) electrons. The van der Waals surface area contributed by atoms with Crippen LogP contribution in [0.15, 0.2) is 54.7 Å². The summed E-state index contributed by atoms with van der Waals surface area (Å²) < 4.78 is 12.8. The predicted molar refractivity (Wildman–Crippen MR) is 111 cm³/mol. The average molecular weight is 449 g/mol. The normalized spacial score (nSPS) is 11.6. The van der Waals surface area contributed by atoms with E-state index >= 15 is 0 Å². The standard InChI is InChI=1S/C21H13Cl3FN3O/c22-16-5-4-13(7-18(16)24)20(19-6-1-12(9-25)11-27-19)28-21(29)14-2-3-15(10-26)17(23)8-14/h1-8,11,20H,9H2,(H,28,29). The highest BCUT2D eigenvalue weighted by molar-refractivity contribution is 6.42. The number of aromatic nitrogens is 1. The van der Waals surface area contributed by atoms with Gasteiger partial charge in [0.1, 0.15) is 12.7 Å². The minimum Gasteiger partial charge on any atom is -0.340 e. The smallest absolute Gasteiger partial charge is 0.252 e. The molecule has 0 bridgehead atoms. The van der Waals surface area contributed by atoms with Crippen molar-refractivity contribution in [3.8, 4) is 6.07 Å². The molecule has 0 saturated carbocycles. The molecule has 2 aromatic carbocycles. The molecule has 4 nitrogen and oxygen atoms in total. The Labute approximate surface area is 181 Å². The number of amides is 1. The Bertz CT molecular complexity index is 1100. The summed E-state index contributed by atoms with van der Waals surface area (Å²) in [7, 11) is 0. The molecular weight excluding hydrogens is 436 g/mol. The summed E-state index contributed by atoms with van der Waals surface area (Å²) >= 11 is 18.2. The lowest BCUT2D eigenvalue weighted by Crippen LogP contribution is -2.30. The van der Waals surface area contributed by atoms with E-state index in [1.54, 1.807) is 30.3 Å². The van der Waals surface area contributed by atoms with Crippen molar-refractivity contribution in [1.29, 1.82) is 5.26 Å². The molecule has 0 aliphatic carbocycles. The summed E-state index contributed by atoms with van der Waals surface area (Å²) in [5.74, 6) is -0.427. The third-order valence-corrected chi connectivity index (χ3v) is 5.25. The highest BCUT2D eigenvalue weighted by Gasteiger charge is 2.21. The second-order valence-electron chi connectivity index (χ2n) is 6.11. The van der Waals surface area contributed by atoms with Gasteiger partial charge in [0.05, 0.1) is 32.4 Å². The predicted octanol–water partition coefficient (Wildman–Crippen LogP) is 5.90. The molecule has 3 rings (SSSR count). The molecule has 1 unspecified atom stereocenters. The van der Waals surface area contributed by atoms with Gasteiger partial charge in [-0.05, 0) is 42.0 Å². The third-order valence-electron chi connectivity index (χ3n) is 4.20. The number of nitriles is 1. The zero-order valence-electron chi connectivity index (χ0n) is 14.8. The summed E-state index contributed by atoms with van der Waals surface area (Å²) in [5, 5.41) is 12.7. The van der Waals surface area contributed by atoms with Crippen LogP contribution in [0.5, 0.6) is 0 Å². The van der Waals surface area contributed by atoms with E-state index in [0.717, 1.165) is 0 Å². The molecule has 29 heavy (non-hydrogen) atoms. The number of carbonyl (C=O) groups is 1. The van der Waals surface area contributed by atoms with Crippen LogP contribution in [-0.4, -0.2) is 10.9 Å². The minimum atomic E-state index is -0.666. The Kier molecular flexibility index (Phi) is 6.71. The van der Waals surface area contributed by atoms with Crippen LogP contribution in [-0.2, 0) is 6.67 Å². The van der Waals surface area contributed by atoms with E-state index in [1.165, 1.54) is 24.4 Å². The molecule has 1 heterocycles. The number of halogens is 4. The van der Waals surface area contributed by atoms with Crippen molar-refractivity contribution < 1.29 is 9.18 Å². The van der Waals surface area contributed by atoms with Crippen molar-refractivity contribution in [1.82, 2.24) is 10.3 Å². The van der Waals surface area contributed by atoms with Crippen molar-refractivity contribution in [3.63, 3.8) is 0 Å². The van der Waals surface area contributed by atoms with Crippen LogP contribution < -0.4 is 5.32 Å². The summed E-state index contributed by atoms with van der Waals surface area (Å²) in [5.41, 5.74) is 2.11. The molecule has 1 aromatic heterocycles. The lowest BCUT2D eigenvalue weighted by atomic mass is 10.0. The molecule has 1 atom stereocenters. The number of pyridine rings is 1. The van der Waals surface area contributed by atoms with E-state index in [-0.39, 0.29) is 16.1 Å². The first kappa shape index (κ1) is 21.1. The van der Waals surface area contributed by atoms with Gasteiger partial charge in [0.15, 0.2) is 0 Å². The fourth-order valence-electron chi connectivity index (χ4n) is 2.67. The quantitative estimate of drug-likeness (QED) is 0.528. The van der Waals surface area contributed by atoms with Gasteiger partial charge < -0.3 is 5.32 Å². The molecule has 8 heteroatoms. The van der Waals surface area contributed by atoms with E-state index in [2.05, 4.69) is 10.3 Å². The lowest BCUT2D eigenvalue weighted by molar-refractivity contribution is 0.0942. The van der Waals surface area contributed by atoms with Crippen molar-refractivity contribution in [2.75, 3.05) is 0 Å². The van der Waals surface area contributed by atoms with E-state index in [1.807, 2.05) is 6.07 Å². The van der Waals surface area contributed by atoms with E-state index in [0.29, 0.717) is 26.9 Å². The van der Waals surface area contributed by atoms with Crippen LogP contribution in [0.3, 0.4) is 0 Å². The number of carbonyl (C=O) groups excluding carboxylic acids is 1. The molecule has 0 saturated heterocycles. The first-order valence-electron chi connectivity index (χ1n) is 8.39.